The molecule has 0 unspecified atom stereocenters. The van der Waals surface area contributed by atoms with E-state index >= 15 is 0 Å². The molecule has 0 aliphatic carbocycles. The Balaban J connectivity index is 1.88. The zero-order chi connectivity index (χ0) is 20.5. The second-order valence-corrected chi connectivity index (χ2v) is 6.57. The highest BCUT2D eigenvalue weighted by Crippen LogP contribution is 2.09. The van der Waals surface area contributed by atoms with Crippen LogP contribution in [0.5, 0.6) is 0 Å². The van der Waals surface area contributed by atoms with Crippen LogP contribution in [0, 0.1) is 12.3 Å². The quantitative estimate of drug-likeness (QED) is 0.351. The van der Waals surface area contributed by atoms with Crippen LogP contribution in [0.25, 0.3) is 0 Å². The van der Waals surface area contributed by atoms with Gasteiger partial charge in [0.25, 0.3) is 0 Å². The summed E-state index contributed by atoms with van der Waals surface area (Å²) < 4.78 is 0. The Morgan fingerprint density at radius 3 is 2.43 bits per heavy atom. The SMILES string of the molecule is C#CCCC[C@@H](NC(=O)C[C@@H]1NC(=O)[C@H](Cc2ccccc2)NC1=O)C(=O)O. The molecule has 8 nitrogen and oxygen atoms in total. The summed E-state index contributed by atoms with van der Waals surface area (Å²) in [5, 5.41) is 16.7. The number of aliphatic carboxylic acids is 1. The summed E-state index contributed by atoms with van der Waals surface area (Å²) in [7, 11) is 0. The van der Waals surface area contributed by atoms with Gasteiger partial charge in [-0.3, -0.25) is 14.4 Å². The minimum Gasteiger partial charge on any atom is -0.480 e. The van der Waals surface area contributed by atoms with Crippen LogP contribution in [0.3, 0.4) is 0 Å². The summed E-state index contributed by atoms with van der Waals surface area (Å²) in [6, 6.07) is 6.39. The third-order valence-electron chi connectivity index (χ3n) is 4.39. The molecule has 1 saturated heterocycles. The van der Waals surface area contributed by atoms with Gasteiger partial charge < -0.3 is 21.1 Å². The summed E-state index contributed by atoms with van der Waals surface area (Å²) in [5.74, 6) is -0.259. The first-order valence-electron chi connectivity index (χ1n) is 9.01. The monoisotopic (exact) mass is 385 g/mol. The van der Waals surface area contributed by atoms with E-state index in [1.807, 2.05) is 30.3 Å². The van der Waals surface area contributed by atoms with Gasteiger partial charge in [-0.05, 0) is 18.4 Å². The van der Waals surface area contributed by atoms with Crippen LogP contribution in [0.1, 0.15) is 31.2 Å². The Morgan fingerprint density at radius 2 is 1.79 bits per heavy atom. The molecule has 0 radical (unpaired) electrons. The Morgan fingerprint density at radius 1 is 1.14 bits per heavy atom. The van der Waals surface area contributed by atoms with Gasteiger partial charge in [0.05, 0.1) is 6.42 Å². The number of nitrogens with one attached hydrogen (secondary N) is 3. The van der Waals surface area contributed by atoms with Gasteiger partial charge in [-0.1, -0.05) is 30.3 Å². The van der Waals surface area contributed by atoms with Gasteiger partial charge in [0.15, 0.2) is 0 Å². The van der Waals surface area contributed by atoms with E-state index in [1.165, 1.54) is 0 Å². The van der Waals surface area contributed by atoms with Crippen LogP contribution < -0.4 is 16.0 Å². The molecule has 3 amide bonds. The summed E-state index contributed by atoms with van der Waals surface area (Å²) in [4.78, 5) is 47.9. The van der Waals surface area contributed by atoms with Crippen LogP contribution in [0.4, 0.5) is 0 Å². The lowest BCUT2D eigenvalue weighted by molar-refractivity contribution is -0.143. The minimum atomic E-state index is -1.18. The number of carboxylic acids is 1. The highest BCUT2D eigenvalue weighted by Gasteiger charge is 2.35. The minimum absolute atomic E-state index is 0.188. The van der Waals surface area contributed by atoms with Gasteiger partial charge in [-0.15, -0.1) is 12.3 Å². The van der Waals surface area contributed by atoms with E-state index in [2.05, 4.69) is 21.9 Å². The van der Waals surface area contributed by atoms with Gasteiger partial charge in [0.1, 0.15) is 18.1 Å². The molecule has 1 aromatic rings. The van der Waals surface area contributed by atoms with Crippen LogP contribution >= 0.6 is 0 Å². The molecular weight excluding hydrogens is 362 g/mol. The number of carbonyl (C=O) groups excluding carboxylic acids is 3. The second-order valence-electron chi connectivity index (χ2n) is 6.57. The number of benzene rings is 1. The third kappa shape index (κ3) is 6.13. The van der Waals surface area contributed by atoms with Gasteiger partial charge in [-0.2, -0.15) is 0 Å². The van der Waals surface area contributed by atoms with E-state index in [0.717, 1.165) is 5.56 Å². The summed E-state index contributed by atoms with van der Waals surface area (Å²) in [5.41, 5.74) is 0.899. The first-order valence-corrected chi connectivity index (χ1v) is 9.01. The van der Waals surface area contributed by atoms with Crippen molar-refractivity contribution >= 4 is 23.7 Å². The van der Waals surface area contributed by atoms with Crippen molar-refractivity contribution in [3.63, 3.8) is 0 Å². The Kier molecular flexibility index (Phi) is 7.57. The van der Waals surface area contributed by atoms with E-state index in [0.29, 0.717) is 19.3 Å². The number of amides is 3. The summed E-state index contributed by atoms with van der Waals surface area (Å²) in [6.07, 6.45) is 6.18. The number of terminal acetylenes is 1. The fourth-order valence-corrected chi connectivity index (χ4v) is 2.92. The topological polar surface area (TPSA) is 125 Å². The van der Waals surface area contributed by atoms with E-state index in [4.69, 9.17) is 6.42 Å². The van der Waals surface area contributed by atoms with Gasteiger partial charge >= 0.3 is 5.97 Å². The molecule has 1 aromatic carbocycles. The number of carbonyl (C=O) groups is 4. The number of piperazine rings is 1. The summed E-state index contributed by atoms with van der Waals surface area (Å²) in [6.45, 7) is 0. The average Bonchev–Trinajstić information content (AvgIpc) is 2.66. The third-order valence-corrected chi connectivity index (χ3v) is 4.39. The lowest BCUT2D eigenvalue weighted by atomic mass is 10.0. The molecule has 2 rings (SSSR count). The first-order chi connectivity index (χ1) is 13.4. The highest BCUT2D eigenvalue weighted by molar-refractivity contribution is 5.99. The molecule has 1 fully saturated rings. The van der Waals surface area contributed by atoms with Crippen molar-refractivity contribution in [1.29, 1.82) is 0 Å². The van der Waals surface area contributed by atoms with E-state index in [9.17, 15) is 24.3 Å². The number of carboxylic acid groups (broad SMARTS) is 1. The molecule has 28 heavy (non-hydrogen) atoms. The standard InChI is InChI=1S/C20H23N3O5/c1-2-3-5-10-14(20(27)28)21-17(24)12-16-19(26)22-15(18(25)23-16)11-13-8-6-4-7-9-13/h1,4,6-9,14-16H,3,5,10-12H2,(H,21,24)(H,22,26)(H,23,25)(H,27,28)/t14-,15+,16+/m1/s1. The van der Waals surface area contributed by atoms with Crippen molar-refractivity contribution < 1.29 is 24.3 Å². The predicted octanol–water partition coefficient (Wildman–Crippen LogP) is -0.0247. The van der Waals surface area contributed by atoms with Crippen molar-refractivity contribution in [3.05, 3.63) is 35.9 Å². The van der Waals surface area contributed by atoms with Crippen LogP contribution in [-0.2, 0) is 25.6 Å². The van der Waals surface area contributed by atoms with E-state index < -0.39 is 35.9 Å². The zero-order valence-corrected chi connectivity index (χ0v) is 15.3. The normalized spacial score (nSPS) is 19.7. The van der Waals surface area contributed by atoms with Gasteiger partial charge in [-0.25, -0.2) is 4.79 Å². The average molecular weight is 385 g/mol. The largest absolute Gasteiger partial charge is 0.480 e. The molecular formula is C20H23N3O5. The lowest BCUT2D eigenvalue weighted by Gasteiger charge is -2.29. The fraction of sp³-hybridized carbons (Fsp3) is 0.400. The smallest absolute Gasteiger partial charge is 0.326 e. The lowest BCUT2D eigenvalue weighted by Crippen LogP contribution is -2.63. The number of rotatable bonds is 9. The van der Waals surface area contributed by atoms with E-state index in [1.54, 1.807) is 0 Å². The van der Waals surface area contributed by atoms with Crippen LogP contribution in [-0.4, -0.2) is 46.9 Å². The van der Waals surface area contributed by atoms with Crippen LogP contribution in [0.15, 0.2) is 30.3 Å². The van der Waals surface area contributed by atoms with Gasteiger partial charge in [0, 0.05) is 12.8 Å². The number of unbranched alkanes of at least 4 members (excludes halogenated alkanes) is 1. The molecule has 4 N–H and O–H groups in total. The summed E-state index contributed by atoms with van der Waals surface area (Å²) >= 11 is 0. The molecule has 1 aliphatic rings. The zero-order valence-electron chi connectivity index (χ0n) is 15.3. The Hall–Kier alpha value is -3.34. The molecule has 0 bridgehead atoms. The van der Waals surface area contributed by atoms with Crippen molar-refractivity contribution in [2.45, 2.75) is 50.2 Å². The van der Waals surface area contributed by atoms with Crippen LogP contribution in [0.2, 0.25) is 0 Å². The maximum atomic E-state index is 12.3. The predicted molar refractivity (Wildman–Crippen MR) is 101 cm³/mol. The maximum absolute atomic E-state index is 12.3. The van der Waals surface area contributed by atoms with Crippen molar-refractivity contribution in [2.24, 2.45) is 0 Å². The highest BCUT2D eigenvalue weighted by atomic mass is 16.4. The fourth-order valence-electron chi connectivity index (χ4n) is 2.92. The molecule has 0 aromatic heterocycles. The molecule has 1 aliphatic heterocycles. The first kappa shape index (κ1) is 21.0. The number of hydrogen-bond donors (Lipinski definition) is 4. The maximum Gasteiger partial charge on any atom is 0.326 e. The molecule has 8 heteroatoms. The van der Waals surface area contributed by atoms with E-state index in [-0.39, 0.29) is 18.7 Å². The molecule has 0 spiro atoms. The molecule has 0 saturated carbocycles. The number of hydrogen-bond acceptors (Lipinski definition) is 4. The molecule has 3 atom stereocenters. The Labute approximate surface area is 163 Å². The van der Waals surface area contributed by atoms with Crippen molar-refractivity contribution in [1.82, 2.24) is 16.0 Å². The van der Waals surface area contributed by atoms with Crippen molar-refractivity contribution in [3.8, 4) is 12.3 Å². The second kappa shape index (κ2) is 10.1. The Bertz CT molecular complexity index is 772. The molecule has 148 valence electrons. The van der Waals surface area contributed by atoms with Crippen molar-refractivity contribution in [2.75, 3.05) is 0 Å². The molecule has 1 heterocycles. The van der Waals surface area contributed by atoms with Gasteiger partial charge in [0.2, 0.25) is 17.7 Å².